The highest BCUT2D eigenvalue weighted by molar-refractivity contribution is 7.85. The lowest BCUT2D eigenvalue weighted by Crippen LogP contribution is -2.39. The molecule has 0 bridgehead atoms. The van der Waals surface area contributed by atoms with Gasteiger partial charge < -0.3 is 10.6 Å². The van der Waals surface area contributed by atoms with Crippen LogP contribution in [0.2, 0.25) is 5.02 Å². The normalized spacial score (nSPS) is 22.8. The number of amides is 1. The van der Waals surface area contributed by atoms with Gasteiger partial charge in [-0.2, -0.15) is 0 Å². The van der Waals surface area contributed by atoms with Crippen molar-refractivity contribution in [2.45, 2.75) is 18.9 Å². The first-order valence-electron chi connectivity index (χ1n) is 6.09. The van der Waals surface area contributed by atoms with Crippen LogP contribution in [0.25, 0.3) is 0 Å². The third kappa shape index (κ3) is 3.67. The van der Waals surface area contributed by atoms with Crippen molar-refractivity contribution in [2.75, 3.05) is 23.9 Å². The molecule has 1 aromatic heterocycles. The predicted molar refractivity (Wildman–Crippen MR) is 77.2 cm³/mol. The molecule has 1 aliphatic rings. The Morgan fingerprint density at radius 1 is 1.47 bits per heavy atom. The summed E-state index contributed by atoms with van der Waals surface area (Å²) in [5, 5.41) is 6.13. The van der Waals surface area contributed by atoms with Crippen LogP contribution >= 0.6 is 11.6 Å². The number of carbonyl (C=O) groups is 1. The number of nitrogens with zero attached hydrogens (tertiary/aromatic N) is 1. The van der Waals surface area contributed by atoms with E-state index in [2.05, 4.69) is 15.6 Å². The molecule has 2 rings (SSSR count). The molecule has 19 heavy (non-hydrogen) atoms. The van der Waals surface area contributed by atoms with Gasteiger partial charge in [-0.3, -0.25) is 9.00 Å². The van der Waals surface area contributed by atoms with Crippen molar-refractivity contribution in [3.05, 3.63) is 22.8 Å². The molecule has 0 radical (unpaired) electrons. The van der Waals surface area contributed by atoms with Crippen molar-refractivity contribution >= 4 is 34.1 Å². The molecule has 0 unspecified atom stereocenters. The zero-order valence-electron chi connectivity index (χ0n) is 10.6. The molecule has 1 amide bonds. The van der Waals surface area contributed by atoms with E-state index in [-0.39, 0.29) is 11.9 Å². The van der Waals surface area contributed by atoms with Crippen molar-refractivity contribution in [1.29, 1.82) is 0 Å². The van der Waals surface area contributed by atoms with Gasteiger partial charge in [-0.15, -0.1) is 0 Å². The quantitative estimate of drug-likeness (QED) is 0.886. The van der Waals surface area contributed by atoms with Gasteiger partial charge in [0.1, 0.15) is 5.82 Å². The van der Waals surface area contributed by atoms with Crippen LogP contribution in [0, 0.1) is 0 Å². The first-order valence-corrected chi connectivity index (χ1v) is 7.96. The molecule has 1 aliphatic heterocycles. The number of carbonyl (C=O) groups excluding carboxylic acids is 1. The summed E-state index contributed by atoms with van der Waals surface area (Å²) < 4.78 is 11.3. The summed E-state index contributed by atoms with van der Waals surface area (Å²) in [7, 11) is 1.00. The lowest BCUT2D eigenvalue weighted by atomic mass is 10.1. The SMILES string of the molecule is CNc1cc(C(=O)NC2CCS(=O)CC2)c(Cl)cn1. The number of aromatic nitrogens is 1. The second-order valence-corrected chi connectivity index (χ2v) is 6.50. The largest absolute Gasteiger partial charge is 0.373 e. The number of nitrogens with one attached hydrogen (secondary N) is 2. The Bertz CT molecular complexity index is 500. The fraction of sp³-hybridized carbons (Fsp3) is 0.500. The Balaban J connectivity index is 2.05. The zero-order chi connectivity index (χ0) is 13.8. The average Bonchev–Trinajstić information content (AvgIpc) is 2.42. The van der Waals surface area contributed by atoms with Crippen molar-refractivity contribution in [3.8, 4) is 0 Å². The fourth-order valence-corrected chi connectivity index (χ4v) is 3.44. The van der Waals surface area contributed by atoms with Crippen molar-refractivity contribution < 1.29 is 9.00 Å². The summed E-state index contributed by atoms with van der Waals surface area (Å²) in [6.07, 6.45) is 2.96. The molecule has 104 valence electrons. The molecule has 1 aromatic rings. The van der Waals surface area contributed by atoms with Crippen LogP contribution in [-0.2, 0) is 10.8 Å². The molecule has 0 saturated carbocycles. The number of rotatable bonds is 3. The molecule has 1 fully saturated rings. The minimum absolute atomic E-state index is 0.0764. The van der Waals surface area contributed by atoms with Gasteiger partial charge in [0.05, 0.1) is 10.6 Å². The van der Waals surface area contributed by atoms with E-state index in [1.807, 2.05) is 0 Å². The highest BCUT2D eigenvalue weighted by Crippen LogP contribution is 2.18. The van der Waals surface area contributed by atoms with E-state index in [9.17, 15) is 9.00 Å². The average molecular weight is 302 g/mol. The van der Waals surface area contributed by atoms with E-state index in [1.165, 1.54) is 6.20 Å². The fourth-order valence-electron chi connectivity index (χ4n) is 1.95. The molecule has 0 spiro atoms. The van der Waals surface area contributed by atoms with Crippen LogP contribution in [0.3, 0.4) is 0 Å². The second kappa shape index (κ2) is 6.34. The summed E-state index contributed by atoms with van der Waals surface area (Å²) in [5.74, 6) is 1.69. The van der Waals surface area contributed by atoms with Crippen LogP contribution in [0.5, 0.6) is 0 Å². The summed E-state index contributed by atoms with van der Waals surface area (Å²) in [6, 6.07) is 1.70. The van der Waals surface area contributed by atoms with Crippen LogP contribution in [0.4, 0.5) is 5.82 Å². The van der Waals surface area contributed by atoms with Crippen LogP contribution in [0.1, 0.15) is 23.2 Å². The van der Waals surface area contributed by atoms with Gasteiger partial charge in [0.2, 0.25) is 0 Å². The van der Waals surface area contributed by atoms with Crippen molar-refractivity contribution in [3.63, 3.8) is 0 Å². The van der Waals surface area contributed by atoms with Gasteiger partial charge in [0.15, 0.2) is 0 Å². The van der Waals surface area contributed by atoms with Gasteiger partial charge in [-0.25, -0.2) is 4.98 Å². The maximum atomic E-state index is 12.2. The zero-order valence-corrected chi connectivity index (χ0v) is 12.2. The lowest BCUT2D eigenvalue weighted by Gasteiger charge is -2.22. The standard InChI is InChI=1S/C12H16ClN3O2S/c1-14-11-6-9(10(13)7-15-11)12(17)16-8-2-4-19(18)5-3-8/h6-8H,2-5H2,1H3,(H,14,15)(H,16,17). The highest BCUT2D eigenvalue weighted by atomic mass is 35.5. The second-order valence-electron chi connectivity index (χ2n) is 4.40. The topological polar surface area (TPSA) is 71.1 Å². The highest BCUT2D eigenvalue weighted by Gasteiger charge is 2.21. The van der Waals surface area contributed by atoms with E-state index < -0.39 is 10.8 Å². The monoisotopic (exact) mass is 301 g/mol. The van der Waals surface area contributed by atoms with Crippen molar-refractivity contribution in [2.24, 2.45) is 0 Å². The molecular formula is C12H16ClN3O2S. The number of pyridine rings is 1. The molecule has 2 N–H and O–H groups in total. The Kier molecular flexibility index (Phi) is 4.76. The Labute approximate surface area is 119 Å². The van der Waals surface area contributed by atoms with Crippen molar-refractivity contribution in [1.82, 2.24) is 10.3 Å². The predicted octanol–water partition coefficient (Wildman–Crippen LogP) is 1.42. The minimum Gasteiger partial charge on any atom is -0.373 e. The first-order chi connectivity index (χ1) is 9.10. The molecule has 2 heterocycles. The number of hydrogen-bond acceptors (Lipinski definition) is 4. The van der Waals surface area contributed by atoms with E-state index in [0.29, 0.717) is 27.9 Å². The van der Waals surface area contributed by atoms with Gasteiger partial charge in [-0.05, 0) is 18.9 Å². The van der Waals surface area contributed by atoms with Gasteiger partial charge in [-0.1, -0.05) is 11.6 Å². The smallest absolute Gasteiger partial charge is 0.253 e. The molecule has 7 heteroatoms. The third-order valence-corrected chi connectivity index (χ3v) is 4.76. The molecule has 0 aliphatic carbocycles. The van der Waals surface area contributed by atoms with Crippen LogP contribution in [-0.4, -0.2) is 39.7 Å². The maximum Gasteiger partial charge on any atom is 0.253 e. The molecule has 0 aromatic carbocycles. The number of anilines is 1. The molecule has 0 atom stereocenters. The Morgan fingerprint density at radius 3 is 2.79 bits per heavy atom. The Hall–Kier alpha value is -1.14. The Morgan fingerprint density at radius 2 is 2.16 bits per heavy atom. The van der Waals surface area contributed by atoms with Crippen LogP contribution < -0.4 is 10.6 Å². The number of hydrogen-bond donors (Lipinski definition) is 2. The lowest BCUT2D eigenvalue weighted by molar-refractivity contribution is 0.0934. The third-order valence-electron chi connectivity index (χ3n) is 3.08. The van der Waals surface area contributed by atoms with Crippen LogP contribution in [0.15, 0.2) is 12.3 Å². The van der Waals surface area contributed by atoms with E-state index in [0.717, 1.165) is 12.8 Å². The van der Waals surface area contributed by atoms with Gasteiger partial charge >= 0.3 is 0 Å². The van der Waals surface area contributed by atoms with Gasteiger partial charge in [0, 0.05) is 41.6 Å². The maximum absolute atomic E-state index is 12.2. The minimum atomic E-state index is -0.727. The first kappa shape index (κ1) is 14.3. The summed E-state index contributed by atoms with van der Waals surface area (Å²) in [5.41, 5.74) is 0.410. The number of halogens is 1. The summed E-state index contributed by atoms with van der Waals surface area (Å²) >= 11 is 5.99. The summed E-state index contributed by atoms with van der Waals surface area (Å²) in [4.78, 5) is 16.2. The van der Waals surface area contributed by atoms with E-state index in [4.69, 9.17) is 11.6 Å². The van der Waals surface area contributed by atoms with Gasteiger partial charge in [0.25, 0.3) is 5.91 Å². The summed E-state index contributed by atoms with van der Waals surface area (Å²) in [6.45, 7) is 0. The van der Waals surface area contributed by atoms with E-state index >= 15 is 0 Å². The molecule has 1 saturated heterocycles. The molecular weight excluding hydrogens is 286 g/mol. The molecule has 5 nitrogen and oxygen atoms in total. The van der Waals surface area contributed by atoms with E-state index in [1.54, 1.807) is 13.1 Å².